The number of carbonyl (C=O) groups excluding carboxylic acids is 2. The van der Waals surface area contributed by atoms with Gasteiger partial charge in [0.15, 0.2) is 0 Å². The Hall–Kier alpha value is -2.27. The molecule has 2 aromatic rings. The maximum atomic E-state index is 12.6. The number of hydrogen-bond donors (Lipinski definition) is 2. The third kappa shape index (κ3) is 5.11. The lowest BCUT2D eigenvalue weighted by molar-refractivity contribution is -0.113. The molecule has 0 heterocycles. The van der Waals surface area contributed by atoms with Gasteiger partial charge >= 0.3 is 0 Å². The molecule has 0 aliphatic heterocycles. The second-order valence-corrected chi connectivity index (χ2v) is 7.67. The maximum Gasteiger partial charge on any atom is 0.252 e. The van der Waals surface area contributed by atoms with E-state index in [0.29, 0.717) is 5.56 Å². The van der Waals surface area contributed by atoms with E-state index < -0.39 is 0 Å². The van der Waals surface area contributed by atoms with Gasteiger partial charge in [-0.25, -0.2) is 0 Å². The van der Waals surface area contributed by atoms with Gasteiger partial charge in [0, 0.05) is 16.6 Å². The molecule has 0 spiro atoms. The van der Waals surface area contributed by atoms with Crippen molar-refractivity contribution in [1.82, 2.24) is 5.32 Å². The topological polar surface area (TPSA) is 58.2 Å². The van der Waals surface area contributed by atoms with Crippen LogP contribution < -0.4 is 10.6 Å². The first-order valence-electron chi connectivity index (χ1n) is 9.01. The number of carbonyl (C=O) groups is 2. The Bertz CT molecular complexity index is 768. The van der Waals surface area contributed by atoms with Gasteiger partial charge in [0.1, 0.15) is 0 Å². The van der Waals surface area contributed by atoms with Gasteiger partial charge in [-0.1, -0.05) is 42.7 Å². The molecule has 0 aromatic heterocycles. The van der Waals surface area contributed by atoms with Gasteiger partial charge in [-0.3, -0.25) is 9.59 Å². The summed E-state index contributed by atoms with van der Waals surface area (Å²) in [5.74, 6) is 0.144. The molecule has 2 N–H and O–H groups in total. The lowest BCUT2D eigenvalue weighted by Crippen LogP contribution is -2.32. The molecule has 3 rings (SSSR count). The first-order valence-corrected chi connectivity index (χ1v) is 9.99. The van der Waals surface area contributed by atoms with Crippen molar-refractivity contribution in [3.63, 3.8) is 0 Å². The maximum absolute atomic E-state index is 12.6. The predicted octanol–water partition coefficient (Wildman–Crippen LogP) is 4.40. The number of amides is 2. The molecule has 136 valence electrons. The van der Waals surface area contributed by atoms with Crippen LogP contribution in [0.5, 0.6) is 0 Å². The fraction of sp³-hybridized carbons (Fsp3) is 0.333. The van der Waals surface area contributed by atoms with E-state index in [9.17, 15) is 9.59 Å². The summed E-state index contributed by atoms with van der Waals surface area (Å²) in [7, 11) is 0. The van der Waals surface area contributed by atoms with E-state index in [1.807, 2.05) is 55.5 Å². The zero-order chi connectivity index (χ0) is 18.4. The highest BCUT2D eigenvalue weighted by molar-refractivity contribution is 8.00. The number of hydrogen-bond acceptors (Lipinski definition) is 3. The normalized spacial score (nSPS) is 14.2. The van der Waals surface area contributed by atoms with E-state index in [4.69, 9.17) is 0 Å². The van der Waals surface area contributed by atoms with Crippen molar-refractivity contribution in [3.8, 4) is 0 Å². The molecule has 0 atom stereocenters. The predicted molar refractivity (Wildman–Crippen MR) is 107 cm³/mol. The zero-order valence-electron chi connectivity index (χ0n) is 15.0. The Morgan fingerprint density at radius 1 is 1.04 bits per heavy atom. The van der Waals surface area contributed by atoms with Crippen molar-refractivity contribution in [2.24, 2.45) is 0 Å². The van der Waals surface area contributed by atoms with Gasteiger partial charge in [-0.15, -0.1) is 11.8 Å². The summed E-state index contributed by atoms with van der Waals surface area (Å²) in [5.41, 5.74) is 2.58. The molecule has 2 amide bonds. The monoisotopic (exact) mass is 368 g/mol. The van der Waals surface area contributed by atoms with Crippen LogP contribution in [-0.2, 0) is 4.79 Å². The first-order chi connectivity index (χ1) is 12.6. The number of benzene rings is 2. The Morgan fingerprint density at radius 2 is 1.73 bits per heavy atom. The van der Waals surface area contributed by atoms with Crippen molar-refractivity contribution < 1.29 is 9.59 Å². The molecule has 1 saturated carbocycles. The Kier molecular flexibility index (Phi) is 6.34. The van der Waals surface area contributed by atoms with Crippen LogP contribution in [0.15, 0.2) is 53.4 Å². The zero-order valence-corrected chi connectivity index (χ0v) is 15.8. The average Bonchev–Trinajstić information content (AvgIpc) is 3.15. The molecule has 0 bridgehead atoms. The molecule has 26 heavy (non-hydrogen) atoms. The highest BCUT2D eigenvalue weighted by Gasteiger charge is 2.19. The highest BCUT2D eigenvalue weighted by Crippen LogP contribution is 2.24. The summed E-state index contributed by atoms with van der Waals surface area (Å²) in [4.78, 5) is 25.6. The van der Waals surface area contributed by atoms with Crippen molar-refractivity contribution in [2.45, 2.75) is 43.5 Å². The fourth-order valence-corrected chi connectivity index (χ4v) is 3.94. The number of aryl methyl sites for hydroxylation is 1. The molecule has 1 aliphatic rings. The van der Waals surface area contributed by atoms with Gasteiger partial charge in [0.25, 0.3) is 5.91 Å². The summed E-state index contributed by atoms with van der Waals surface area (Å²) in [6, 6.07) is 15.5. The van der Waals surface area contributed by atoms with Crippen molar-refractivity contribution in [3.05, 3.63) is 59.7 Å². The molecular weight excluding hydrogens is 344 g/mol. The minimum Gasteiger partial charge on any atom is -0.349 e. The second-order valence-electron chi connectivity index (χ2n) is 6.65. The largest absolute Gasteiger partial charge is 0.349 e. The van der Waals surface area contributed by atoms with Gasteiger partial charge < -0.3 is 10.6 Å². The first kappa shape index (κ1) is 18.5. The quantitative estimate of drug-likeness (QED) is 0.743. The van der Waals surface area contributed by atoms with Crippen LogP contribution >= 0.6 is 11.8 Å². The summed E-state index contributed by atoms with van der Waals surface area (Å²) in [6.07, 6.45) is 4.47. The van der Waals surface area contributed by atoms with Crippen LogP contribution in [0.3, 0.4) is 0 Å². The molecule has 0 saturated heterocycles. The fourth-order valence-electron chi connectivity index (χ4n) is 3.09. The third-order valence-corrected chi connectivity index (χ3v) is 5.59. The number of thioether (sulfide) groups is 1. The van der Waals surface area contributed by atoms with Crippen molar-refractivity contribution >= 4 is 29.3 Å². The van der Waals surface area contributed by atoms with Gasteiger partial charge in [-0.05, 0) is 44.0 Å². The Balaban J connectivity index is 1.58. The average molecular weight is 369 g/mol. The lowest BCUT2D eigenvalue weighted by Gasteiger charge is -2.14. The van der Waals surface area contributed by atoms with E-state index in [-0.39, 0.29) is 23.6 Å². The second kappa shape index (κ2) is 8.90. The van der Waals surface area contributed by atoms with Crippen LogP contribution in [0.4, 0.5) is 5.69 Å². The van der Waals surface area contributed by atoms with E-state index in [2.05, 4.69) is 10.6 Å². The van der Waals surface area contributed by atoms with Crippen molar-refractivity contribution in [1.29, 1.82) is 0 Å². The molecule has 0 unspecified atom stereocenters. The summed E-state index contributed by atoms with van der Waals surface area (Å²) >= 11 is 1.39. The molecule has 5 heteroatoms. The summed E-state index contributed by atoms with van der Waals surface area (Å²) < 4.78 is 0. The lowest BCUT2D eigenvalue weighted by atomic mass is 10.2. The number of rotatable bonds is 6. The van der Waals surface area contributed by atoms with Crippen LogP contribution in [0.25, 0.3) is 0 Å². The Morgan fingerprint density at radius 3 is 2.46 bits per heavy atom. The van der Waals surface area contributed by atoms with Gasteiger partial charge in [-0.2, -0.15) is 0 Å². The molecule has 1 fully saturated rings. The van der Waals surface area contributed by atoms with Crippen LogP contribution in [0.1, 0.15) is 41.6 Å². The van der Waals surface area contributed by atoms with Gasteiger partial charge in [0.05, 0.1) is 11.3 Å². The van der Waals surface area contributed by atoms with Crippen LogP contribution in [0.2, 0.25) is 0 Å². The smallest absolute Gasteiger partial charge is 0.252 e. The SMILES string of the molecule is Cc1ccc(NC(=O)CSc2ccccc2C(=O)NC2CCCC2)cc1. The number of anilines is 1. The van der Waals surface area contributed by atoms with E-state index in [0.717, 1.165) is 29.0 Å². The minimum absolute atomic E-state index is 0.0426. The third-order valence-electron chi connectivity index (χ3n) is 4.52. The molecule has 4 nitrogen and oxygen atoms in total. The molecule has 2 aromatic carbocycles. The molecule has 1 aliphatic carbocycles. The highest BCUT2D eigenvalue weighted by atomic mass is 32.2. The molecular formula is C21H24N2O2S. The van der Waals surface area contributed by atoms with E-state index >= 15 is 0 Å². The molecule has 0 radical (unpaired) electrons. The van der Waals surface area contributed by atoms with Crippen molar-refractivity contribution in [2.75, 3.05) is 11.1 Å². The van der Waals surface area contributed by atoms with Crippen LogP contribution in [-0.4, -0.2) is 23.6 Å². The summed E-state index contributed by atoms with van der Waals surface area (Å²) in [6.45, 7) is 2.01. The van der Waals surface area contributed by atoms with E-state index in [1.54, 1.807) is 0 Å². The minimum atomic E-state index is -0.0788. The van der Waals surface area contributed by atoms with Gasteiger partial charge in [0.2, 0.25) is 5.91 Å². The van der Waals surface area contributed by atoms with E-state index in [1.165, 1.54) is 24.6 Å². The summed E-state index contributed by atoms with van der Waals surface area (Å²) in [5, 5.41) is 6.00. The van der Waals surface area contributed by atoms with Crippen LogP contribution in [0, 0.1) is 6.92 Å². The standard InChI is InChI=1S/C21H24N2O2S/c1-15-10-12-17(13-11-15)22-20(24)14-26-19-9-5-4-8-18(19)21(25)23-16-6-2-3-7-16/h4-5,8-13,16H,2-3,6-7,14H2,1H3,(H,22,24)(H,23,25). The number of nitrogens with one attached hydrogen (secondary N) is 2. The Labute approximate surface area is 158 Å².